The molecule has 1 unspecified atom stereocenters. The zero-order valence-corrected chi connectivity index (χ0v) is 12.0. The molecule has 0 amide bonds. The van der Waals surface area contributed by atoms with Crippen molar-refractivity contribution >= 4 is 5.97 Å². The summed E-state index contributed by atoms with van der Waals surface area (Å²) in [6.45, 7) is 5.27. The summed E-state index contributed by atoms with van der Waals surface area (Å²) < 4.78 is 5.31. The molecule has 0 aliphatic carbocycles. The Bertz CT molecular complexity index is 712. The van der Waals surface area contributed by atoms with Gasteiger partial charge in [-0.2, -0.15) is 0 Å². The highest BCUT2D eigenvalue weighted by molar-refractivity contribution is 5.89. The number of hydrogen-bond acceptors (Lipinski definition) is 5. The van der Waals surface area contributed by atoms with Crippen molar-refractivity contribution in [3.63, 3.8) is 0 Å². The van der Waals surface area contributed by atoms with Crippen molar-refractivity contribution in [1.82, 2.24) is 5.64 Å². The minimum absolute atomic E-state index is 0.288. The third kappa shape index (κ3) is 2.80. The Labute approximate surface area is 128 Å². The summed E-state index contributed by atoms with van der Waals surface area (Å²) in [5.41, 5.74) is 3.99. The fraction of sp³-hybridized carbons (Fsp3) is 0.118. The van der Waals surface area contributed by atoms with Crippen LogP contribution >= 0.6 is 0 Å². The van der Waals surface area contributed by atoms with Crippen molar-refractivity contribution < 1.29 is 19.2 Å². The smallest absolute Gasteiger partial charge is 0.323 e. The maximum absolute atomic E-state index is 12.1. The Morgan fingerprint density at radius 3 is 2.73 bits per heavy atom. The lowest BCUT2D eigenvalue weighted by molar-refractivity contribution is -0.133. The molecule has 0 saturated carbocycles. The van der Waals surface area contributed by atoms with Gasteiger partial charge in [-0.3, -0.25) is 4.79 Å². The van der Waals surface area contributed by atoms with E-state index in [1.54, 1.807) is 25.1 Å². The van der Waals surface area contributed by atoms with E-state index in [1.807, 2.05) is 30.3 Å². The van der Waals surface area contributed by atoms with Crippen molar-refractivity contribution in [3.8, 4) is 11.5 Å². The number of fused-ring (bicyclic) bond motifs is 1. The van der Waals surface area contributed by atoms with Crippen LogP contribution in [0.15, 0.2) is 60.9 Å². The number of rotatable bonds is 5. The second kappa shape index (κ2) is 5.91. The van der Waals surface area contributed by atoms with Gasteiger partial charge in [-0.15, -0.1) is 0 Å². The van der Waals surface area contributed by atoms with Crippen molar-refractivity contribution in [2.45, 2.75) is 12.8 Å². The van der Waals surface area contributed by atoms with Gasteiger partial charge in [-0.05, 0) is 30.7 Å². The molecule has 0 saturated heterocycles. The van der Waals surface area contributed by atoms with Gasteiger partial charge in [0, 0.05) is 11.2 Å². The monoisotopic (exact) mass is 297 g/mol. The van der Waals surface area contributed by atoms with Gasteiger partial charge in [0.05, 0.1) is 0 Å². The van der Waals surface area contributed by atoms with E-state index in [-0.39, 0.29) is 5.97 Å². The van der Waals surface area contributed by atoms with Gasteiger partial charge in [-0.25, -0.2) is 0 Å². The molecule has 1 aliphatic heterocycles. The Balaban J connectivity index is 1.86. The minimum Gasteiger partial charge on any atom is -0.425 e. The Morgan fingerprint density at radius 2 is 2.00 bits per heavy atom. The molecular weight excluding hydrogens is 282 g/mol. The van der Waals surface area contributed by atoms with Gasteiger partial charge < -0.3 is 14.4 Å². The first kappa shape index (κ1) is 14.2. The van der Waals surface area contributed by atoms with Crippen LogP contribution < -0.4 is 15.2 Å². The van der Waals surface area contributed by atoms with Crippen molar-refractivity contribution in [2.75, 3.05) is 0 Å². The highest BCUT2D eigenvalue weighted by Crippen LogP contribution is 2.40. The summed E-state index contributed by atoms with van der Waals surface area (Å²) in [6.07, 6.45) is 0. The van der Waals surface area contributed by atoms with Crippen molar-refractivity contribution in [1.29, 1.82) is 0 Å². The molecule has 1 N–H and O–H groups in total. The number of nitrogens with one attached hydrogen (secondary N) is 1. The lowest BCUT2D eigenvalue weighted by atomic mass is 9.92. The predicted octanol–water partition coefficient (Wildman–Crippen LogP) is 3.09. The number of esters is 1. The second-order valence-corrected chi connectivity index (χ2v) is 4.95. The SMILES string of the molecule is C=C(C)ONOc1ccc2c(c1)C(c1ccccc1)C(=O)O2. The second-order valence-electron chi connectivity index (χ2n) is 4.95. The number of benzene rings is 2. The summed E-state index contributed by atoms with van der Waals surface area (Å²) >= 11 is 0. The molecule has 0 aromatic heterocycles. The first-order valence-electron chi connectivity index (χ1n) is 6.80. The molecule has 5 nitrogen and oxygen atoms in total. The van der Waals surface area contributed by atoms with Gasteiger partial charge in [0.1, 0.15) is 17.4 Å². The van der Waals surface area contributed by atoms with Gasteiger partial charge in [0.15, 0.2) is 5.75 Å². The van der Waals surface area contributed by atoms with Crippen LogP contribution in [0.3, 0.4) is 0 Å². The average molecular weight is 297 g/mol. The van der Waals surface area contributed by atoms with E-state index in [9.17, 15) is 4.79 Å². The Morgan fingerprint density at radius 1 is 1.23 bits per heavy atom. The number of allylic oxidation sites excluding steroid dienone is 1. The number of hydrogen-bond donors (Lipinski definition) is 1. The first-order valence-corrected chi connectivity index (χ1v) is 6.80. The van der Waals surface area contributed by atoms with E-state index in [0.29, 0.717) is 17.3 Å². The van der Waals surface area contributed by atoms with Crippen LogP contribution in [-0.4, -0.2) is 5.97 Å². The molecule has 0 spiro atoms. The van der Waals surface area contributed by atoms with Crippen LogP contribution in [0.1, 0.15) is 24.0 Å². The maximum Gasteiger partial charge on any atom is 0.323 e. The lowest BCUT2D eigenvalue weighted by Gasteiger charge is -2.10. The predicted molar refractivity (Wildman–Crippen MR) is 80.0 cm³/mol. The topological polar surface area (TPSA) is 56.8 Å². The maximum atomic E-state index is 12.1. The highest BCUT2D eigenvalue weighted by Gasteiger charge is 2.34. The quantitative estimate of drug-likeness (QED) is 0.398. The van der Waals surface area contributed by atoms with Crippen molar-refractivity contribution in [2.24, 2.45) is 0 Å². The summed E-state index contributed by atoms with van der Waals surface area (Å²) in [6, 6.07) is 14.6. The normalized spacial score (nSPS) is 15.9. The average Bonchev–Trinajstić information content (AvgIpc) is 2.83. The first-order chi connectivity index (χ1) is 10.6. The summed E-state index contributed by atoms with van der Waals surface area (Å²) in [4.78, 5) is 22.3. The fourth-order valence-corrected chi connectivity index (χ4v) is 2.30. The van der Waals surface area contributed by atoms with Crippen molar-refractivity contribution in [3.05, 3.63) is 72.0 Å². The standard InChI is InChI=1S/C17H15NO4/c1-11(2)21-18-22-13-8-9-15-14(10-13)16(17(19)20-15)12-6-4-3-5-7-12/h3-10,16,18H,1H2,2H3. The molecule has 112 valence electrons. The van der Waals surface area contributed by atoms with E-state index >= 15 is 0 Å². The number of ether oxygens (including phenoxy) is 1. The van der Waals surface area contributed by atoms with Gasteiger partial charge >= 0.3 is 5.97 Å². The molecule has 0 bridgehead atoms. The van der Waals surface area contributed by atoms with Crippen LogP contribution in [0, 0.1) is 0 Å². The lowest BCUT2D eigenvalue weighted by Crippen LogP contribution is -2.17. The van der Waals surface area contributed by atoms with Crippen LogP contribution in [0.2, 0.25) is 0 Å². The fourth-order valence-electron chi connectivity index (χ4n) is 2.30. The molecule has 5 heteroatoms. The molecule has 3 rings (SSSR count). The van der Waals surface area contributed by atoms with Gasteiger partial charge in [0.2, 0.25) is 0 Å². The van der Waals surface area contributed by atoms with Gasteiger partial charge in [0.25, 0.3) is 0 Å². The molecule has 0 fully saturated rings. The van der Waals surface area contributed by atoms with Crippen LogP contribution in [0.4, 0.5) is 0 Å². The van der Waals surface area contributed by atoms with Crippen LogP contribution in [-0.2, 0) is 9.63 Å². The molecule has 0 radical (unpaired) electrons. The summed E-state index contributed by atoms with van der Waals surface area (Å²) in [7, 11) is 0. The summed E-state index contributed by atoms with van der Waals surface area (Å²) in [5, 5.41) is 0. The third-order valence-electron chi connectivity index (χ3n) is 3.25. The van der Waals surface area contributed by atoms with Gasteiger partial charge in [-0.1, -0.05) is 36.9 Å². The van der Waals surface area contributed by atoms with Crippen LogP contribution in [0.25, 0.3) is 0 Å². The van der Waals surface area contributed by atoms with E-state index in [1.165, 1.54) is 0 Å². The van der Waals surface area contributed by atoms with E-state index in [2.05, 4.69) is 12.2 Å². The molecular formula is C17H15NO4. The van der Waals surface area contributed by atoms with E-state index in [0.717, 1.165) is 11.1 Å². The Kier molecular flexibility index (Phi) is 3.80. The van der Waals surface area contributed by atoms with E-state index in [4.69, 9.17) is 14.4 Å². The molecule has 1 atom stereocenters. The molecule has 1 aliphatic rings. The molecule has 2 aromatic carbocycles. The Hall–Kier alpha value is -2.79. The van der Waals surface area contributed by atoms with E-state index < -0.39 is 5.92 Å². The summed E-state index contributed by atoms with van der Waals surface area (Å²) in [5.74, 6) is 0.805. The number of carbonyl (C=O) groups excluding carboxylic acids is 1. The zero-order valence-electron chi connectivity index (χ0n) is 12.0. The zero-order chi connectivity index (χ0) is 15.5. The number of carbonyl (C=O) groups is 1. The van der Waals surface area contributed by atoms with Crippen LogP contribution in [0.5, 0.6) is 11.5 Å². The highest BCUT2D eigenvalue weighted by atomic mass is 16.9. The minimum atomic E-state index is -0.443. The molecule has 1 heterocycles. The largest absolute Gasteiger partial charge is 0.425 e. The molecule has 22 heavy (non-hydrogen) atoms. The third-order valence-corrected chi connectivity index (χ3v) is 3.25. The molecule has 2 aromatic rings.